The maximum absolute atomic E-state index is 11.6. The molecule has 0 fully saturated rings. The van der Waals surface area contributed by atoms with Crippen molar-refractivity contribution < 1.29 is 14.7 Å². The average molecular weight is 285 g/mol. The van der Waals surface area contributed by atoms with Crippen LogP contribution in [0.5, 0.6) is 0 Å². The Morgan fingerprint density at radius 1 is 1.26 bits per heavy atom. The molecule has 3 N–H and O–H groups in total. The van der Waals surface area contributed by atoms with Gasteiger partial charge in [0.1, 0.15) is 0 Å². The molecule has 0 heterocycles. The lowest BCUT2D eigenvalue weighted by Gasteiger charge is -2.19. The molecule has 0 aromatic heterocycles. The zero-order valence-corrected chi connectivity index (χ0v) is 11.8. The summed E-state index contributed by atoms with van der Waals surface area (Å²) in [5, 5.41) is 14.4. The van der Waals surface area contributed by atoms with Gasteiger partial charge in [0.2, 0.25) is 0 Å². The molecule has 0 aliphatic carbocycles. The Balaban J connectivity index is 2.71. The van der Waals surface area contributed by atoms with Crippen LogP contribution in [0.1, 0.15) is 31.1 Å². The van der Waals surface area contributed by atoms with Crippen molar-refractivity contribution in [3.63, 3.8) is 0 Å². The summed E-state index contributed by atoms with van der Waals surface area (Å²) in [7, 11) is 0. The number of rotatable bonds is 3. The molecule has 0 radical (unpaired) electrons. The maximum Gasteiger partial charge on any atom is 0.335 e. The number of urea groups is 1. The molecule has 0 saturated heterocycles. The molecule has 104 valence electrons. The molecular weight excluding hydrogens is 268 g/mol. The molecule has 1 aromatic carbocycles. The quantitative estimate of drug-likeness (QED) is 0.797. The van der Waals surface area contributed by atoms with E-state index in [0.717, 1.165) is 0 Å². The van der Waals surface area contributed by atoms with Gasteiger partial charge in [0.05, 0.1) is 5.56 Å². The molecular formula is C13H17ClN2O3. The molecule has 0 saturated carbocycles. The summed E-state index contributed by atoms with van der Waals surface area (Å²) < 4.78 is 0. The highest BCUT2D eigenvalue weighted by molar-refractivity contribution is 6.31. The van der Waals surface area contributed by atoms with Gasteiger partial charge in [-0.15, -0.1) is 0 Å². The topological polar surface area (TPSA) is 78.4 Å². The van der Waals surface area contributed by atoms with Crippen LogP contribution < -0.4 is 10.6 Å². The number of halogens is 1. The molecule has 1 rings (SSSR count). The number of anilines is 1. The monoisotopic (exact) mass is 284 g/mol. The summed E-state index contributed by atoms with van der Waals surface area (Å²) in [6.45, 7) is 6.49. The lowest BCUT2D eigenvalue weighted by Crippen LogP contribution is -2.35. The molecule has 1 aromatic rings. The summed E-state index contributed by atoms with van der Waals surface area (Å²) in [5.74, 6) is -1.10. The zero-order chi connectivity index (χ0) is 14.6. The van der Waals surface area contributed by atoms with Crippen molar-refractivity contribution in [2.75, 3.05) is 11.9 Å². The van der Waals surface area contributed by atoms with Crippen molar-refractivity contribution in [3.8, 4) is 0 Å². The van der Waals surface area contributed by atoms with Gasteiger partial charge < -0.3 is 15.7 Å². The minimum atomic E-state index is -1.10. The summed E-state index contributed by atoms with van der Waals surface area (Å²) in [4.78, 5) is 22.5. The number of benzene rings is 1. The minimum absolute atomic E-state index is 0.0265. The number of amides is 2. The maximum atomic E-state index is 11.6. The van der Waals surface area contributed by atoms with Gasteiger partial charge >= 0.3 is 12.0 Å². The van der Waals surface area contributed by atoms with Gasteiger partial charge in [0, 0.05) is 17.3 Å². The van der Waals surface area contributed by atoms with Gasteiger partial charge in [-0.25, -0.2) is 9.59 Å². The van der Waals surface area contributed by atoms with Crippen LogP contribution in [0.2, 0.25) is 5.02 Å². The third-order valence-electron chi connectivity index (χ3n) is 2.18. The molecule has 5 nitrogen and oxygen atoms in total. The highest BCUT2D eigenvalue weighted by Gasteiger charge is 2.13. The van der Waals surface area contributed by atoms with Crippen molar-refractivity contribution in [3.05, 3.63) is 28.8 Å². The Bertz CT molecular complexity index is 495. The van der Waals surface area contributed by atoms with Gasteiger partial charge in [-0.3, -0.25) is 0 Å². The normalized spacial score (nSPS) is 10.9. The third kappa shape index (κ3) is 5.61. The van der Waals surface area contributed by atoms with Gasteiger partial charge in [-0.2, -0.15) is 0 Å². The van der Waals surface area contributed by atoms with E-state index in [1.807, 2.05) is 20.8 Å². The van der Waals surface area contributed by atoms with E-state index < -0.39 is 12.0 Å². The fourth-order valence-corrected chi connectivity index (χ4v) is 1.54. The van der Waals surface area contributed by atoms with Gasteiger partial charge in [0.15, 0.2) is 0 Å². The van der Waals surface area contributed by atoms with Gasteiger partial charge in [0.25, 0.3) is 0 Å². The van der Waals surface area contributed by atoms with E-state index in [0.29, 0.717) is 12.2 Å². The van der Waals surface area contributed by atoms with Crippen LogP contribution in [-0.2, 0) is 0 Å². The van der Waals surface area contributed by atoms with Crippen LogP contribution in [0.3, 0.4) is 0 Å². The van der Waals surface area contributed by atoms with Crippen LogP contribution in [-0.4, -0.2) is 23.7 Å². The van der Waals surface area contributed by atoms with Crippen molar-refractivity contribution in [1.29, 1.82) is 0 Å². The van der Waals surface area contributed by atoms with Crippen molar-refractivity contribution in [2.24, 2.45) is 5.41 Å². The van der Waals surface area contributed by atoms with Crippen LogP contribution in [0.15, 0.2) is 18.2 Å². The number of hydrogen-bond donors (Lipinski definition) is 3. The number of carboxylic acids is 1. The van der Waals surface area contributed by atoms with E-state index in [9.17, 15) is 9.59 Å². The standard InChI is InChI=1S/C13H17ClN2O3/c1-13(2,3)7-15-12(19)16-10-5-8(11(17)18)4-9(14)6-10/h4-6H,7H2,1-3H3,(H,17,18)(H2,15,16,19). The van der Waals surface area contributed by atoms with Crippen molar-refractivity contribution in [2.45, 2.75) is 20.8 Å². The van der Waals surface area contributed by atoms with Crippen molar-refractivity contribution in [1.82, 2.24) is 5.32 Å². The first-order valence-electron chi connectivity index (χ1n) is 5.76. The highest BCUT2D eigenvalue weighted by atomic mass is 35.5. The Morgan fingerprint density at radius 2 is 1.89 bits per heavy atom. The molecule has 0 spiro atoms. The van der Waals surface area contributed by atoms with E-state index in [-0.39, 0.29) is 16.0 Å². The fourth-order valence-electron chi connectivity index (χ4n) is 1.31. The molecule has 6 heteroatoms. The van der Waals surface area contributed by atoms with Crippen LogP contribution in [0, 0.1) is 5.41 Å². The Kier molecular flexibility index (Phi) is 4.78. The SMILES string of the molecule is CC(C)(C)CNC(=O)Nc1cc(Cl)cc(C(=O)O)c1. The van der Waals surface area contributed by atoms with E-state index in [1.165, 1.54) is 18.2 Å². The van der Waals surface area contributed by atoms with Crippen LogP contribution in [0.4, 0.5) is 10.5 Å². The van der Waals surface area contributed by atoms with Crippen LogP contribution >= 0.6 is 11.6 Å². The number of nitrogens with one attached hydrogen (secondary N) is 2. The molecule has 0 aliphatic rings. The first-order chi connectivity index (χ1) is 8.67. The minimum Gasteiger partial charge on any atom is -0.478 e. The number of carboxylic acid groups (broad SMARTS) is 1. The van der Waals surface area contributed by atoms with E-state index >= 15 is 0 Å². The van der Waals surface area contributed by atoms with Crippen molar-refractivity contribution >= 4 is 29.3 Å². The molecule has 0 bridgehead atoms. The second-order valence-corrected chi connectivity index (χ2v) is 5.84. The predicted molar refractivity (Wildman–Crippen MR) is 74.9 cm³/mol. The smallest absolute Gasteiger partial charge is 0.335 e. The fraction of sp³-hybridized carbons (Fsp3) is 0.385. The first kappa shape index (κ1) is 15.3. The zero-order valence-electron chi connectivity index (χ0n) is 11.1. The Labute approximate surface area is 117 Å². The highest BCUT2D eigenvalue weighted by Crippen LogP contribution is 2.19. The van der Waals surface area contributed by atoms with E-state index in [4.69, 9.17) is 16.7 Å². The summed E-state index contributed by atoms with van der Waals surface area (Å²) in [6, 6.07) is 3.77. The largest absolute Gasteiger partial charge is 0.478 e. The van der Waals surface area contributed by atoms with E-state index in [2.05, 4.69) is 10.6 Å². The summed E-state index contributed by atoms with van der Waals surface area (Å²) >= 11 is 5.79. The molecule has 19 heavy (non-hydrogen) atoms. The Morgan fingerprint density at radius 3 is 2.42 bits per heavy atom. The number of carbonyl (C=O) groups excluding carboxylic acids is 1. The Hall–Kier alpha value is -1.75. The molecule has 0 unspecified atom stereocenters. The number of aromatic carboxylic acids is 1. The number of carbonyl (C=O) groups is 2. The molecule has 2 amide bonds. The lowest BCUT2D eigenvalue weighted by molar-refractivity contribution is 0.0697. The number of hydrogen-bond acceptors (Lipinski definition) is 2. The van der Waals surface area contributed by atoms with E-state index in [1.54, 1.807) is 0 Å². The van der Waals surface area contributed by atoms with Gasteiger partial charge in [-0.05, 0) is 23.6 Å². The second-order valence-electron chi connectivity index (χ2n) is 5.40. The summed E-state index contributed by atoms with van der Waals surface area (Å²) in [6.07, 6.45) is 0. The third-order valence-corrected chi connectivity index (χ3v) is 2.40. The van der Waals surface area contributed by atoms with Crippen LogP contribution in [0.25, 0.3) is 0 Å². The molecule has 0 atom stereocenters. The first-order valence-corrected chi connectivity index (χ1v) is 6.14. The second kappa shape index (κ2) is 5.93. The lowest BCUT2D eigenvalue weighted by atomic mass is 9.97. The average Bonchev–Trinajstić information content (AvgIpc) is 2.24. The predicted octanol–water partition coefficient (Wildman–Crippen LogP) is 3.21. The summed E-state index contributed by atoms with van der Waals surface area (Å²) in [5.41, 5.74) is 0.340. The van der Waals surface area contributed by atoms with Gasteiger partial charge in [-0.1, -0.05) is 32.4 Å². The molecule has 0 aliphatic heterocycles.